The van der Waals surface area contributed by atoms with E-state index >= 15 is 0 Å². The van der Waals surface area contributed by atoms with Crippen molar-refractivity contribution in [1.82, 2.24) is 15.3 Å². The summed E-state index contributed by atoms with van der Waals surface area (Å²) in [7, 11) is 0. The maximum Gasteiger partial charge on any atom is 0.128 e. The molecule has 2 heterocycles. The molecule has 0 saturated carbocycles. The van der Waals surface area contributed by atoms with Gasteiger partial charge in [-0.05, 0) is 31.4 Å². The topological polar surface area (TPSA) is 37.8 Å². The minimum atomic E-state index is 0.924. The van der Waals surface area contributed by atoms with Gasteiger partial charge in [-0.25, -0.2) is 9.97 Å². The highest BCUT2D eigenvalue weighted by molar-refractivity contribution is 5.28. The molecule has 1 aromatic rings. The van der Waals surface area contributed by atoms with Crippen LogP contribution in [0.5, 0.6) is 0 Å². The van der Waals surface area contributed by atoms with Crippen LogP contribution < -0.4 is 5.32 Å². The van der Waals surface area contributed by atoms with Crippen molar-refractivity contribution >= 4 is 0 Å². The summed E-state index contributed by atoms with van der Waals surface area (Å²) in [6.45, 7) is 6.43. The van der Waals surface area contributed by atoms with Gasteiger partial charge in [0.1, 0.15) is 5.82 Å². The maximum atomic E-state index is 4.77. The van der Waals surface area contributed by atoms with Gasteiger partial charge in [-0.15, -0.1) is 0 Å². The first-order valence-electron chi connectivity index (χ1n) is 6.93. The Hall–Kier alpha value is -0.960. The molecule has 0 spiro atoms. The molecular formula is C14H23N3. The van der Waals surface area contributed by atoms with Crippen molar-refractivity contribution in [2.75, 3.05) is 6.54 Å². The third-order valence-electron chi connectivity index (χ3n) is 3.31. The van der Waals surface area contributed by atoms with Crippen molar-refractivity contribution in [3.05, 3.63) is 22.8 Å². The first kappa shape index (κ1) is 12.5. The number of aryl methyl sites for hydroxylation is 2. The molecular weight excluding hydrogens is 210 g/mol. The second-order valence-corrected chi connectivity index (χ2v) is 4.79. The summed E-state index contributed by atoms with van der Waals surface area (Å²) >= 11 is 0. The number of rotatable bonds is 5. The van der Waals surface area contributed by atoms with E-state index in [9.17, 15) is 0 Å². The summed E-state index contributed by atoms with van der Waals surface area (Å²) < 4.78 is 0. The lowest BCUT2D eigenvalue weighted by Crippen LogP contribution is -2.27. The third kappa shape index (κ3) is 3.03. The monoisotopic (exact) mass is 233 g/mol. The first-order chi connectivity index (χ1) is 8.35. The Balaban J connectivity index is 2.27. The molecule has 1 N–H and O–H groups in total. The Morgan fingerprint density at radius 3 is 2.76 bits per heavy atom. The zero-order valence-corrected chi connectivity index (χ0v) is 11.1. The van der Waals surface area contributed by atoms with Crippen LogP contribution in [-0.4, -0.2) is 16.5 Å². The van der Waals surface area contributed by atoms with E-state index in [4.69, 9.17) is 9.97 Å². The Bertz CT molecular complexity index is 374. The summed E-state index contributed by atoms with van der Waals surface area (Å²) in [5, 5.41) is 3.40. The van der Waals surface area contributed by atoms with Gasteiger partial charge < -0.3 is 5.32 Å². The van der Waals surface area contributed by atoms with E-state index in [0.29, 0.717) is 0 Å². The highest BCUT2D eigenvalue weighted by atomic mass is 15.0. The van der Waals surface area contributed by atoms with Crippen molar-refractivity contribution < 1.29 is 0 Å². The van der Waals surface area contributed by atoms with Crippen molar-refractivity contribution in [1.29, 1.82) is 0 Å². The smallest absolute Gasteiger partial charge is 0.128 e. The van der Waals surface area contributed by atoms with Crippen LogP contribution >= 0.6 is 0 Å². The molecule has 17 heavy (non-hydrogen) atoms. The zero-order chi connectivity index (χ0) is 12.1. The predicted octanol–water partition coefficient (Wildman–Crippen LogP) is 2.42. The Kier molecular flexibility index (Phi) is 4.49. The Morgan fingerprint density at radius 2 is 2.00 bits per heavy atom. The molecule has 2 rings (SSSR count). The minimum Gasteiger partial charge on any atom is -0.311 e. The lowest BCUT2D eigenvalue weighted by molar-refractivity contribution is 0.601. The van der Waals surface area contributed by atoms with E-state index in [2.05, 4.69) is 19.2 Å². The molecule has 94 valence electrons. The van der Waals surface area contributed by atoms with Gasteiger partial charge in [0, 0.05) is 18.7 Å². The van der Waals surface area contributed by atoms with Gasteiger partial charge in [0.2, 0.25) is 0 Å². The number of nitrogens with one attached hydrogen (secondary N) is 1. The second kappa shape index (κ2) is 6.10. The summed E-state index contributed by atoms with van der Waals surface area (Å²) in [5.74, 6) is 1.05. The van der Waals surface area contributed by atoms with Crippen LogP contribution in [0.25, 0.3) is 0 Å². The van der Waals surface area contributed by atoms with Crippen molar-refractivity contribution in [2.24, 2.45) is 0 Å². The number of aromatic nitrogens is 2. The van der Waals surface area contributed by atoms with Crippen LogP contribution in [0.4, 0.5) is 0 Å². The molecule has 0 saturated heterocycles. The Labute approximate surface area is 104 Å². The van der Waals surface area contributed by atoms with Gasteiger partial charge in [0.25, 0.3) is 0 Å². The SMILES string of the molecule is CCCCc1nc(CCC)c2c(n1)CNCC2. The van der Waals surface area contributed by atoms with E-state index < -0.39 is 0 Å². The molecule has 0 bridgehead atoms. The van der Waals surface area contributed by atoms with Crippen LogP contribution in [0.15, 0.2) is 0 Å². The van der Waals surface area contributed by atoms with E-state index in [1.54, 1.807) is 0 Å². The largest absolute Gasteiger partial charge is 0.311 e. The number of nitrogens with zero attached hydrogens (tertiary/aromatic N) is 2. The molecule has 0 fully saturated rings. The van der Waals surface area contributed by atoms with Crippen molar-refractivity contribution in [3.8, 4) is 0 Å². The highest BCUT2D eigenvalue weighted by Gasteiger charge is 2.16. The standard InChI is InChI=1S/C14H23N3/c1-3-5-7-14-16-12(6-4-2)11-8-9-15-10-13(11)17-14/h15H,3-10H2,1-2H3. The van der Waals surface area contributed by atoms with E-state index in [1.165, 1.54) is 36.2 Å². The lowest BCUT2D eigenvalue weighted by Gasteiger charge is -2.20. The Morgan fingerprint density at radius 1 is 1.12 bits per heavy atom. The lowest BCUT2D eigenvalue weighted by atomic mass is 10.0. The molecule has 0 aliphatic carbocycles. The van der Waals surface area contributed by atoms with Crippen molar-refractivity contribution in [2.45, 2.75) is 58.9 Å². The molecule has 3 nitrogen and oxygen atoms in total. The first-order valence-corrected chi connectivity index (χ1v) is 6.93. The van der Waals surface area contributed by atoms with E-state index in [1.807, 2.05) is 0 Å². The van der Waals surface area contributed by atoms with E-state index in [0.717, 1.165) is 38.2 Å². The minimum absolute atomic E-state index is 0.924. The third-order valence-corrected chi connectivity index (χ3v) is 3.31. The molecule has 1 aliphatic rings. The molecule has 3 heteroatoms. The predicted molar refractivity (Wildman–Crippen MR) is 70.0 cm³/mol. The summed E-state index contributed by atoms with van der Waals surface area (Å²) in [6, 6.07) is 0. The fraction of sp³-hybridized carbons (Fsp3) is 0.714. The number of hydrogen-bond acceptors (Lipinski definition) is 3. The van der Waals surface area contributed by atoms with Crippen LogP contribution in [0.1, 0.15) is 55.9 Å². The van der Waals surface area contributed by atoms with Gasteiger partial charge in [-0.2, -0.15) is 0 Å². The normalized spacial score (nSPS) is 14.7. The maximum absolute atomic E-state index is 4.77. The van der Waals surface area contributed by atoms with Crippen LogP contribution in [0.2, 0.25) is 0 Å². The fourth-order valence-corrected chi connectivity index (χ4v) is 2.38. The van der Waals surface area contributed by atoms with Crippen LogP contribution in [0, 0.1) is 0 Å². The van der Waals surface area contributed by atoms with Gasteiger partial charge in [0.15, 0.2) is 0 Å². The molecule has 0 atom stereocenters. The molecule has 0 radical (unpaired) electrons. The number of fused-ring (bicyclic) bond motifs is 1. The molecule has 0 unspecified atom stereocenters. The van der Waals surface area contributed by atoms with Gasteiger partial charge >= 0.3 is 0 Å². The average Bonchev–Trinajstić information content (AvgIpc) is 2.37. The molecule has 1 aliphatic heterocycles. The van der Waals surface area contributed by atoms with Gasteiger partial charge in [-0.1, -0.05) is 26.7 Å². The van der Waals surface area contributed by atoms with Crippen molar-refractivity contribution in [3.63, 3.8) is 0 Å². The average molecular weight is 233 g/mol. The highest BCUT2D eigenvalue weighted by Crippen LogP contribution is 2.18. The molecule has 0 aromatic carbocycles. The summed E-state index contributed by atoms with van der Waals surface area (Å²) in [6.07, 6.45) is 6.80. The summed E-state index contributed by atoms with van der Waals surface area (Å²) in [5.41, 5.74) is 3.98. The van der Waals surface area contributed by atoms with E-state index in [-0.39, 0.29) is 0 Å². The number of hydrogen-bond donors (Lipinski definition) is 1. The second-order valence-electron chi connectivity index (χ2n) is 4.79. The summed E-state index contributed by atoms with van der Waals surface area (Å²) in [4.78, 5) is 9.49. The van der Waals surface area contributed by atoms with Crippen LogP contribution in [0.3, 0.4) is 0 Å². The van der Waals surface area contributed by atoms with Gasteiger partial charge in [0.05, 0.1) is 5.69 Å². The zero-order valence-electron chi connectivity index (χ0n) is 11.1. The quantitative estimate of drug-likeness (QED) is 0.848. The van der Waals surface area contributed by atoms with Gasteiger partial charge in [-0.3, -0.25) is 0 Å². The molecule has 1 aromatic heterocycles. The number of unbranched alkanes of at least 4 members (excludes halogenated alkanes) is 1. The molecule has 0 amide bonds. The fourth-order valence-electron chi connectivity index (χ4n) is 2.38. The van der Waals surface area contributed by atoms with Crippen LogP contribution in [-0.2, 0) is 25.8 Å².